The molecule has 14 rings (SSSR count). The molecule has 9 aromatic carbocycles. The molecule has 0 amide bonds. The van der Waals surface area contributed by atoms with Gasteiger partial charge < -0.3 is 13.6 Å². The maximum Gasteiger partial charge on any atom is 0.135 e. The lowest BCUT2D eigenvalue weighted by Gasteiger charge is -2.36. The predicted octanol–water partition coefficient (Wildman–Crippen LogP) is 16.3. The Hall–Kier alpha value is -7.62. The third-order valence-electron chi connectivity index (χ3n) is 14.7. The molecule has 12 aromatic rings. The Morgan fingerprint density at radius 3 is 1.76 bits per heavy atom. The van der Waals surface area contributed by atoms with E-state index in [1.165, 1.54) is 126 Å². The van der Waals surface area contributed by atoms with Crippen LogP contribution in [0.25, 0.3) is 110 Å². The van der Waals surface area contributed by atoms with E-state index in [0.717, 1.165) is 27.6 Å². The normalized spacial score (nSPS) is 14.5. The average Bonchev–Trinajstić information content (AvgIpc) is 4.06. The second kappa shape index (κ2) is 13.2. The van der Waals surface area contributed by atoms with Gasteiger partial charge in [0.15, 0.2) is 0 Å². The van der Waals surface area contributed by atoms with Crippen LogP contribution in [0, 0.1) is 0 Å². The van der Waals surface area contributed by atoms with E-state index in [1.54, 1.807) is 0 Å². The zero-order valence-corrected chi connectivity index (χ0v) is 34.8. The average molecular weight is 807 g/mol. The van der Waals surface area contributed by atoms with E-state index in [4.69, 9.17) is 4.42 Å². The summed E-state index contributed by atoms with van der Waals surface area (Å²) in [5.41, 5.74) is 19.9. The van der Waals surface area contributed by atoms with E-state index in [2.05, 4.69) is 197 Å². The third kappa shape index (κ3) is 5.02. The van der Waals surface area contributed by atoms with Gasteiger partial charge in [-0.2, -0.15) is 0 Å². The molecular weight excluding hydrogens is 765 g/mol. The Kier molecular flexibility index (Phi) is 7.33. The van der Waals surface area contributed by atoms with E-state index < -0.39 is 0 Å². The second-order valence-corrected chi connectivity index (χ2v) is 18.0. The van der Waals surface area contributed by atoms with Crippen molar-refractivity contribution >= 4 is 65.6 Å². The fourth-order valence-electron chi connectivity index (χ4n) is 11.9. The van der Waals surface area contributed by atoms with Gasteiger partial charge in [-0.05, 0) is 136 Å². The van der Waals surface area contributed by atoms with Crippen LogP contribution >= 0.6 is 0 Å². The summed E-state index contributed by atoms with van der Waals surface area (Å²) in [6, 6.07) is 72.2. The molecule has 3 aromatic heterocycles. The molecule has 3 heteroatoms. The van der Waals surface area contributed by atoms with Crippen LogP contribution in [-0.2, 0) is 5.41 Å². The van der Waals surface area contributed by atoms with Crippen molar-refractivity contribution in [3.05, 3.63) is 205 Å². The lowest BCUT2D eigenvalue weighted by atomic mass is 9.67. The van der Waals surface area contributed by atoms with E-state index in [-0.39, 0.29) is 5.41 Å². The molecule has 0 atom stereocenters. The number of para-hydroxylation sites is 3. The largest absolute Gasteiger partial charge is 0.456 e. The quantitative estimate of drug-likeness (QED) is 0.174. The lowest BCUT2D eigenvalue weighted by molar-refractivity contribution is 0.353. The van der Waals surface area contributed by atoms with Crippen LogP contribution in [0.15, 0.2) is 199 Å². The SMILES string of the molecule is c1ccc(-c2cccc(-n3c4ccccc4c4cc5c(cc43)-c3cc(-c4ccc6c(c4)c4ccccc4n6-c4ccc6oc7ccccc7c6c4)ccc3C53CCCCC3)c2)cc1. The first kappa shape index (κ1) is 35.0. The number of fused-ring (bicyclic) bond motifs is 14. The summed E-state index contributed by atoms with van der Waals surface area (Å²) in [5.74, 6) is 0. The minimum atomic E-state index is 0.0326. The highest BCUT2D eigenvalue weighted by atomic mass is 16.3. The molecule has 63 heavy (non-hydrogen) atoms. The number of rotatable bonds is 4. The van der Waals surface area contributed by atoms with E-state index in [9.17, 15) is 0 Å². The highest BCUT2D eigenvalue weighted by molar-refractivity contribution is 6.13. The molecule has 2 aliphatic carbocycles. The van der Waals surface area contributed by atoms with Gasteiger partial charge in [0, 0.05) is 49.1 Å². The summed E-state index contributed by atoms with van der Waals surface area (Å²) in [4.78, 5) is 0. The van der Waals surface area contributed by atoms with Gasteiger partial charge >= 0.3 is 0 Å². The summed E-state index contributed by atoms with van der Waals surface area (Å²) < 4.78 is 11.1. The maximum atomic E-state index is 6.22. The molecule has 298 valence electrons. The monoisotopic (exact) mass is 806 g/mol. The Morgan fingerprint density at radius 1 is 0.333 bits per heavy atom. The van der Waals surface area contributed by atoms with Gasteiger partial charge in [-0.3, -0.25) is 0 Å². The first-order valence-corrected chi connectivity index (χ1v) is 22.5. The smallest absolute Gasteiger partial charge is 0.135 e. The summed E-state index contributed by atoms with van der Waals surface area (Å²) in [5, 5.41) is 7.45. The van der Waals surface area contributed by atoms with Gasteiger partial charge in [-0.1, -0.05) is 135 Å². The van der Waals surface area contributed by atoms with E-state index in [0.29, 0.717) is 0 Å². The first-order chi connectivity index (χ1) is 31.2. The van der Waals surface area contributed by atoms with Crippen molar-refractivity contribution in [2.45, 2.75) is 37.5 Å². The molecular formula is C60H42N2O. The Morgan fingerprint density at radius 2 is 0.937 bits per heavy atom. The fourth-order valence-corrected chi connectivity index (χ4v) is 11.9. The van der Waals surface area contributed by atoms with Crippen molar-refractivity contribution < 1.29 is 4.42 Å². The molecule has 3 nitrogen and oxygen atoms in total. The number of hydrogen-bond donors (Lipinski definition) is 0. The van der Waals surface area contributed by atoms with Crippen molar-refractivity contribution in [2.24, 2.45) is 0 Å². The van der Waals surface area contributed by atoms with Crippen LogP contribution in [0.4, 0.5) is 0 Å². The number of nitrogens with zero attached hydrogens (tertiary/aromatic N) is 2. The molecule has 1 spiro atoms. The van der Waals surface area contributed by atoms with Crippen molar-refractivity contribution in [3.8, 4) is 44.8 Å². The van der Waals surface area contributed by atoms with Gasteiger partial charge in [0.05, 0.1) is 22.1 Å². The lowest BCUT2D eigenvalue weighted by Crippen LogP contribution is -2.28. The molecule has 3 heterocycles. The van der Waals surface area contributed by atoms with Gasteiger partial charge in [-0.15, -0.1) is 0 Å². The standard InChI is InChI=1S/C60H42N2O/c1-3-14-38(15-4-1)39-16-13-17-42(32-39)62-55-22-9-6-19-45(55)50-36-53-48(37-57(50)62)47-33-40(24-27-52(47)60(53)30-11-2-12-31-60)41-25-28-56-49(34-41)44-18-5-8-21-54(44)61(56)43-26-29-59-51(35-43)46-20-7-10-23-58(46)63-59/h1,3-10,13-29,32-37H,2,11-12,30-31H2. The first-order valence-electron chi connectivity index (χ1n) is 22.5. The second-order valence-electron chi connectivity index (χ2n) is 18.0. The van der Waals surface area contributed by atoms with Crippen molar-refractivity contribution in [1.29, 1.82) is 0 Å². The third-order valence-corrected chi connectivity index (χ3v) is 14.7. The number of hydrogen-bond acceptors (Lipinski definition) is 1. The Labute approximate surface area is 365 Å². The maximum absolute atomic E-state index is 6.22. The topological polar surface area (TPSA) is 23.0 Å². The van der Waals surface area contributed by atoms with Gasteiger partial charge in [0.2, 0.25) is 0 Å². The van der Waals surface area contributed by atoms with Crippen LogP contribution in [0.1, 0.15) is 43.2 Å². The van der Waals surface area contributed by atoms with Crippen molar-refractivity contribution in [1.82, 2.24) is 9.13 Å². The highest BCUT2D eigenvalue weighted by Gasteiger charge is 2.44. The number of furan rings is 1. The van der Waals surface area contributed by atoms with Crippen LogP contribution in [0.5, 0.6) is 0 Å². The molecule has 0 radical (unpaired) electrons. The fraction of sp³-hybridized carbons (Fsp3) is 0.100. The van der Waals surface area contributed by atoms with Crippen molar-refractivity contribution in [3.63, 3.8) is 0 Å². The molecule has 0 saturated heterocycles. The molecule has 0 N–H and O–H groups in total. The predicted molar refractivity (Wildman–Crippen MR) is 263 cm³/mol. The minimum Gasteiger partial charge on any atom is -0.456 e. The molecule has 2 aliphatic rings. The van der Waals surface area contributed by atoms with Gasteiger partial charge in [-0.25, -0.2) is 0 Å². The van der Waals surface area contributed by atoms with Gasteiger partial charge in [0.25, 0.3) is 0 Å². The molecule has 0 unspecified atom stereocenters. The van der Waals surface area contributed by atoms with E-state index in [1.807, 2.05) is 6.07 Å². The van der Waals surface area contributed by atoms with Crippen LogP contribution < -0.4 is 0 Å². The summed E-state index contributed by atoms with van der Waals surface area (Å²) >= 11 is 0. The molecule has 1 saturated carbocycles. The summed E-state index contributed by atoms with van der Waals surface area (Å²) in [6.45, 7) is 0. The molecule has 1 fully saturated rings. The zero-order chi connectivity index (χ0) is 41.2. The Bertz CT molecular complexity index is 3830. The zero-order valence-electron chi connectivity index (χ0n) is 34.8. The van der Waals surface area contributed by atoms with E-state index >= 15 is 0 Å². The van der Waals surface area contributed by atoms with Crippen LogP contribution in [0.2, 0.25) is 0 Å². The highest BCUT2D eigenvalue weighted by Crippen LogP contribution is 2.58. The number of benzene rings is 9. The van der Waals surface area contributed by atoms with Crippen LogP contribution in [-0.4, -0.2) is 9.13 Å². The van der Waals surface area contributed by atoms with Gasteiger partial charge in [0.1, 0.15) is 11.2 Å². The minimum absolute atomic E-state index is 0.0326. The van der Waals surface area contributed by atoms with Crippen LogP contribution in [0.3, 0.4) is 0 Å². The molecule has 0 aliphatic heterocycles. The summed E-state index contributed by atoms with van der Waals surface area (Å²) in [7, 11) is 0. The number of aromatic nitrogens is 2. The summed E-state index contributed by atoms with van der Waals surface area (Å²) in [6.07, 6.45) is 6.22. The molecule has 0 bridgehead atoms. The van der Waals surface area contributed by atoms with Crippen molar-refractivity contribution in [2.75, 3.05) is 0 Å². The Balaban J connectivity index is 0.952.